The molecule has 0 bridgehead atoms. The zero-order valence-corrected chi connectivity index (χ0v) is 11.1. The van der Waals surface area contributed by atoms with Gasteiger partial charge in [-0.25, -0.2) is 4.68 Å². The molecule has 0 amide bonds. The number of hydrogen-bond donors (Lipinski definition) is 1. The lowest BCUT2D eigenvalue weighted by Crippen LogP contribution is -2.12. The number of thioether (sulfide) groups is 1. The van der Waals surface area contributed by atoms with Crippen LogP contribution in [0, 0.1) is 5.92 Å². The minimum absolute atomic E-state index is 0.168. The van der Waals surface area contributed by atoms with Crippen molar-refractivity contribution in [1.29, 1.82) is 0 Å². The second-order valence-electron chi connectivity index (χ2n) is 4.65. The van der Waals surface area contributed by atoms with Crippen LogP contribution in [-0.2, 0) is 11.3 Å². The van der Waals surface area contributed by atoms with Crippen molar-refractivity contribution in [3.8, 4) is 0 Å². The molecule has 1 saturated carbocycles. The summed E-state index contributed by atoms with van der Waals surface area (Å²) >= 11 is 1.55. The number of aliphatic carboxylic acids is 1. The fourth-order valence-corrected chi connectivity index (χ4v) is 3.30. The second-order valence-corrected chi connectivity index (χ2v) is 5.72. The number of nitrogens with zero attached hydrogens (tertiary/aromatic N) is 4. The quantitative estimate of drug-likeness (QED) is 0.794. The first kappa shape index (κ1) is 13.3. The highest BCUT2D eigenvalue weighted by molar-refractivity contribution is 7.99. The summed E-state index contributed by atoms with van der Waals surface area (Å²) in [6.45, 7) is -0.168. The number of carboxylic acid groups (broad SMARTS) is 1. The Morgan fingerprint density at radius 2 is 2.17 bits per heavy atom. The fourth-order valence-electron chi connectivity index (χ4n) is 2.32. The van der Waals surface area contributed by atoms with Crippen molar-refractivity contribution >= 4 is 17.7 Å². The molecule has 1 aromatic rings. The first-order chi connectivity index (χ1) is 8.75. The molecule has 1 aromatic heterocycles. The van der Waals surface area contributed by atoms with Gasteiger partial charge in [-0.15, -0.1) is 5.10 Å². The molecule has 1 heterocycles. The van der Waals surface area contributed by atoms with Crippen LogP contribution in [0.5, 0.6) is 0 Å². The van der Waals surface area contributed by atoms with Crippen molar-refractivity contribution in [2.45, 2.75) is 50.2 Å². The molecule has 0 radical (unpaired) electrons. The molecule has 1 N–H and O–H groups in total. The number of hydrogen-bond acceptors (Lipinski definition) is 5. The second kappa shape index (κ2) is 6.72. The molecule has 0 atom stereocenters. The van der Waals surface area contributed by atoms with Crippen LogP contribution in [0.3, 0.4) is 0 Å². The van der Waals surface area contributed by atoms with Gasteiger partial charge in [-0.3, -0.25) is 4.79 Å². The number of carboxylic acids is 1. The van der Waals surface area contributed by atoms with Crippen molar-refractivity contribution in [2.24, 2.45) is 5.92 Å². The zero-order valence-electron chi connectivity index (χ0n) is 10.3. The normalized spacial score (nSPS) is 16.9. The van der Waals surface area contributed by atoms with Crippen LogP contribution in [-0.4, -0.2) is 37.0 Å². The first-order valence-electron chi connectivity index (χ1n) is 6.36. The third kappa shape index (κ3) is 3.97. The van der Waals surface area contributed by atoms with Crippen LogP contribution in [0.2, 0.25) is 0 Å². The van der Waals surface area contributed by atoms with E-state index >= 15 is 0 Å². The molecule has 0 aromatic carbocycles. The predicted octanol–water partition coefficient (Wildman–Crippen LogP) is 1.82. The van der Waals surface area contributed by atoms with E-state index in [4.69, 9.17) is 5.11 Å². The minimum Gasteiger partial charge on any atom is -0.480 e. The highest BCUT2D eigenvalue weighted by Crippen LogP contribution is 2.28. The molecule has 0 saturated heterocycles. The van der Waals surface area contributed by atoms with E-state index in [1.165, 1.54) is 43.2 Å². The third-order valence-electron chi connectivity index (χ3n) is 3.27. The van der Waals surface area contributed by atoms with Gasteiger partial charge in [0.1, 0.15) is 6.54 Å². The summed E-state index contributed by atoms with van der Waals surface area (Å²) in [5.41, 5.74) is 0. The van der Waals surface area contributed by atoms with Gasteiger partial charge in [0.2, 0.25) is 5.16 Å². The lowest BCUT2D eigenvalue weighted by atomic mass is 9.88. The van der Waals surface area contributed by atoms with Crippen LogP contribution in [0.4, 0.5) is 0 Å². The first-order valence-corrected chi connectivity index (χ1v) is 7.35. The van der Waals surface area contributed by atoms with E-state index in [1.54, 1.807) is 11.8 Å². The zero-order chi connectivity index (χ0) is 12.8. The predicted molar refractivity (Wildman–Crippen MR) is 67.4 cm³/mol. The molecule has 0 aliphatic heterocycles. The maximum atomic E-state index is 10.6. The number of carbonyl (C=O) groups is 1. The summed E-state index contributed by atoms with van der Waals surface area (Å²) in [6, 6.07) is 0. The van der Waals surface area contributed by atoms with Gasteiger partial charge in [-0.2, -0.15) is 0 Å². The van der Waals surface area contributed by atoms with Crippen molar-refractivity contribution in [3.05, 3.63) is 0 Å². The molecule has 18 heavy (non-hydrogen) atoms. The van der Waals surface area contributed by atoms with Gasteiger partial charge in [0.15, 0.2) is 0 Å². The van der Waals surface area contributed by atoms with E-state index in [2.05, 4.69) is 15.5 Å². The van der Waals surface area contributed by atoms with Crippen molar-refractivity contribution < 1.29 is 9.90 Å². The molecule has 7 heteroatoms. The number of rotatable bonds is 6. The van der Waals surface area contributed by atoms with Crippen molar-refractivity contribution in [1.82, 2.24) is 20.2 Å². The molecule has 1 aliphatic rings. The van der Waals surface area contributed by atoms with E-state index in [-0.39, 0.29) is 6.54 Å². The summed E-state index contributed by atoms with van der Waals surface area (Å²) in [4.78, 5) is 10.6. The number of tetrazole rings is 1. The Bertz CT molecular complexity index is 390. The molecule has 0 unspecified atom stereocenters. The Kier molecular flexibility index (Phi) is 4.98. The highest BCUT2D eigenvalue weighted by atomic mass is 32.2. The Morgan fingerprint density at radius 3 is 2.89 bits per heavy atom. The highest BCUT2D eigenvalue weighted by Gasteiger charge is 2.14. The van der Waals surface area contributed by atoms with Gasteiger partial charge in [0.05, 0.1) is 0 Å². The molecule has 2 rings (SSSR count). The van der Waals surface area contributed by atoms with Crippen molar-refractivity contribution in [2.75, 3.05) is 5.75 Å². The number of aromatic nitrogens is 4. The summed E-state index contributed by atoms with van der Waals surface area (Å²) in [5.74, 6) is 0.872. The maximum Gasteiger partial charge on any atom is 0.325 e. The van der Waals surface area contributed by atoms with Gasteiger partial charge >= 0.3 is 5.97 Å². The largest absolute Gasteiger partial charge is 0.480 e. The smallest absolute Gasteiger partial charge is 0.325 e. The summed E-state index contributed by atoms with van der Waals surface area (Å²) < 4.78 is 1.34. The summed E-state index contributed by atoms with van der Waals surface area (Å²) in [5, 5.41) is 20.4. The van der Waals surface area contributed by atoms with E-state index < -0.39 is 5.97 Å². The molecule has 1 fully saturated rings. The molecule has 0 spiro atoms. The van der Waals surface area contributed by atoms with Crippen LogP contribution < -0.4 is 0 Å². The van der Waals surface area contributed by atoms with Crippen molar-refractivity contribution in [3.63, 3.8) is 0 Å². The fraction of sp³-hybridized carbons (Fsp3) is 0.818. The molecule has 6 nitrogen and oxygen atoms in total. The Hall–Kier alpha value is -1.11. The van der Waals surface area contributed by atoms with Gasteiger partial charge < -0.3 is 5.11 Å². The van der Waals surface area contributed by atoms with Gasteiger partial charge in [0, 0.05) is 5.75 Å². The molecular weight excluding hydrogens is 252 g/mol. The Labute approximate surface area is 110 Å². The topological polar surface area (TPSA) is 80.9 Å². The van der Waals surface area contributed by atoms with E-state index in [9.17, 15) is 4.79 Å². The standard InChI is InChI=1S/C11H18N4O2S/c16-10(17)8-15-11(12-13-14-15)18-7-6-9-4-2-1-3-5-9/h9H,1-8H2,(H,16,17). The van der Waals surface area contributed by atoms with Crippen LogP contribution >= 0.6 is 11.8 Å². The van der Waals surface area contributed by atoms with E-state index in [0.29, 0.717) is 5.16 Å². The van der Waals surface area contributed by atoms with Gasteiger partial charge in [0.25, 0.3) is 0 Å². The Balaban J connectivity index is 1.75. The third-order valence-corrected chi connectivity index (χ3v) is 4.26. The van der Waals surface area contributed by atoms with Crippen LogP contribution in [0.1, 0.15) is 38.5 Å². The monoisotopic (exact) mass is 270 g/mol. The maximum absolute atomic E-state index is 10.6. The van der Waals surface area contributed by atoms with Crippen LogP contribution in [0.25, 0.3) is 0 Å². The average Bonchev–Trinajstić information content (AvgIpc) is 2.77. The lowest BCUT2D eigenvalue weighted by Gasteiger charge is -2.20. The van der Waals surface area contributed by atoms with E-state index in [0.717, 1.165) is 11.7 Å². The SMILES string of the molecule is O=C(O)Cn1nnnc1SCCC1CCCCC1. The average molecular weight is 270 g/mol. The molecule has 1 aliphatic carbocycles. The molecular formula is C11H18N4O2S. The summed E-state index contributed by atoms with van der Waals surface area (Å²) in [7, 11) is 0. The summed E-state index contributed by atoms with van der Waals surface area (Å²) in [6.07, 6.45) is 7.92. The molecule has 100 valence electrons. The van der Waals surface area contributed by atoms with E-state index in [1.807, 2.05) is 0 Å². The van der Waals surface area contributed by atoms with Gasteiger partial charge in [-0.05, 0) is 22.8 Å². The van der Waals surface area contributed by atoms with Crippen LogP contribution in [0.15, 0.2) is 5.16 Å². The Morgan fingerprint density at radius 1 is 1.39 bits per heavy atom. The lowest BCUT2D eigenvalue weighted by molar-refractivity contribution is -0.138. The van der Waals surface area contributed by atoms with Gasteiger partial charge in [-0.1, -0.05) is 43.9 Å². The minimum atomic E-state index is -0.920.